The van der Waals surface area contributed by atoms with E-state index in [1.165, 1.54) is 51.7 Å². The molecule has 1 atom stereocenters. The number of hydrogen-bond acceptors (Lipinski definition) is 2. The first kappa shape index (κ1) is 12.0. The summed E-state index contributed by atoms with van der Waals surface area (Å²) in [7, 11) is 2.04. The van der Waals surface area contributed by atoms with E-state index in [0.717, 1.165) is 12.5 Å². The highest BCUT2D eigenvalue weighted by Crippen LogP contribution is 2.21. The molecule has 1 aliphatic heterocycles. The third-order valence-electron chi connectivity index (χ3n) is 3.32. The molecule has 14 heavy (non-hydrogen) atoms. The molecule has 0 bridgehead atoms. The Kier molecular flexibility index (Phi) is 6.20. The number of likely N-dealkylation sites (N-methyl/N-ethyl adjacent to an activating group) is 1. The fourth-order valence-electron chi connectivity index (χ4n) is 2.42. The highest BCUT2D eigenvalue weighted by molar-refractivity contribution is 4.70. The van der Waals surface area contributed by atoms with Crippen molar-refractivity contribution in [3.63, 3.8) is 0 Å². The van der Waals surface area contributed by atoms with Gasteiger partial charge in [-0.1, -0.05) is 19.8 Å². The zero-order chi connectivity index (χ0) is 10.2. The first-order chi connectivity index (χ1) is 6.86. The summed E-state index contributed by atoms with van der Waals surface area (Å²) >= 11 is 0. The van der Waals surface area contributed by atoms with Crippen LogP contribution in [0.4, 0.5) is 0 Å². The molecule has 0 aromatic rings. The predicted octanol–water partition coefficient (Wildman–Crippen LogP) is 2.11. The van der Waals surface area contributed by atoms with Crippen LogP contribution >= 0.6 is 0 Å². The second-order valence-corrected chi connectivity index (χ2v) is 4.53. The number of nitrogens with zero attached hydrogens (tertiary/aromatic N) is 1. The maximum absolute atomic E-state index is 3.23. The van der Waals surface area contributed by atoms with Gasteiger partial charge in [0.15, 0.2) is 0 Å². The molecule has 84 valence electrons. The summed E-state index contributed by atoms with van der Waals surface area (Å²) < 4.78 is 0. The maximum atomic E-state index is 3.23. The van der Waals surface area contributed by atoms with Crippen LogP contribution in [0.5, 0.6) is 0 Å². The topological polar surface area (TPSA) is 15.3 Å². The van der Waals surface area contributed by atoms with E-state index in [1.807, 2.05) is 7.05 Å². The van der Waals surface area contributed by atoms with Gasteiger partial charge in [0.1, 0.15) is 0 Å². The molecule has 0 aromatic heterocycles. The number of hydrogen-bond donors (Lipinski definition) is 1. The lowest BCUT2D eigenvalue weighted by atomic mass is 9.96. The lowest BCUT2D eigenvalue weighted by Crippen LogP contribution is -2.31. The molecule has 1 aliphatic rings. The van der Waals surface area contributed by atoms with Crippen molar-refractivity contribution in [3.8, 4) is 0 Å². The van der Waals surface area contributed by atoms with Crippen LogP contribution in [-0.4, -0.2) is 38.1 Å². The molecule has 0 saturated carbocycles. The molecule has 0 radical (unpaired) electrons. The van der Waals surface area contributed by atoms with Gasteiger partial charge in [-0.05, 0) is 45.3 Å². The molecule has 1 saturated heterocycles. The molecule has 0 spiro atoms. The first-order valence-electron chi connectivity index (χ1n) is 6.23. The van der Waals surface area contributed by atoms with Gasteiger partial charge in [0.2, 0.25) is 0 Å². The summed E-state index contributed by atoms with van der Waals surface area (Å²) in [6.45, 7) is 7.33. The normalized spacial score (nSPS) is 24.9. The third-order valence-corrected chi connectivity index (χ3v) is 3.32. The van der Waals surface area contributed by atoms with E-state index in [2.05, 4.69) is 17.1 Å². The van der Waals surface area contributed by atoms with Gasteiger partial charge in [0.05, 0.1) is 0 Å². The van der Waals surface area contributed by atoms with E-state index >= 15 is 0 Å². The molecule has 2 heteroatoms. The molecule has 0 aromatic carbocycles. The summed E-state index contributed by atoms with van der Waals surface area (Å²) in [5.74, 6) is 1.01. The first-order valence-corrected chi connectivity index (χ1v) is 6.23. The molecular weight excluding hydrogens is 172 g/mol. The maximum Gasteiger partial charge on any atom is 0.0107 e. The van der Waals surface area contributed by atoms with Gasteiger partial charge in [-0.3, -0.25) is 0 Å². The van der Waals surface area contributed by atoms with Crippen molar-refractivity contribution in [2.75, 3.05) is 33.2 Å². The van der Waals surface area contributed by atoms with Crippen molar-refractivity contribution < 1.29 is 0 Å². The number of rotatable bonds is 5. The number of nitrogens with one attached hydrogen (secondary N) is 1. The highest BCUT2D eigenvalue weighted by atomic mass is 15.1. The molecule has 2 nitrogen and oxygen atoms in total. The van der Waals surface area contributed by atoms with Gasteiger partial charge in [0, 0.05) is 13.1 Å². The highest BCUT2D eigenvalue weighted by Gasteiger charge is 2.15. The fraction of sp³-hybridized carbons (Fsp3) is 1.00. The van der Waals surface area contributed by atoms with Gasteiger partial charge in [0.25, 0.3) is 0 Å². The molecule has 0 amide bonds. The Morgan fingerprint density at radius 3 is 2.86 bits per heavy atom. The van der Waals surface area contributed by atoms with Crippen LogP contribution in [0.3, 0.4) is 0 Å². The van der Waals surface area contributed by atoms with Crippen LogP contribution in [-0.2, 0) is 0 Å². The molecule has 1 rings (SSSR count). The smallest absolute Gasteiger partial charge is 0.0107 e. The monoisotopic (exact) mass is 198 g/mol. The Morgan fingerprint density at radius 1 is 1.29 bits per heavy atom. The molecule has 1 unspecified atom stereocenters. The van der Waals surface area contributed by atoms with Crippen molar-refractivity contribution in [2.24, 2.45) is 5.92 Å². The van der Waals surface area contributed by atoms with Gasteiger partial charge in [-0.2, -0.15) is 0 Å². The quantitative estimate of drug-likeness (QED) is 0.728. The van der Waals surface area contributed by atoms with Crippen molar-refractivity contribution in [1.82, 2.24) is 10.2 Å². The Morgan fingerprint density at radius 2 is 2.14 bits per heavy atom. The molecule has 1 N–H and O–H groups in total. The summed E-state index contributed by atoms with van der Waals surface area (Å²) in [6, 6.07) is 0. The summed E-state index contributed by atoms with van der Waals surface area (Å²) in [5.41, 5.74) is 0. The van der Waals surface area contributed by atoms with E-state index in [0.29, 0.717) is 0 Å². The summed E-state index contributed by atoms with van der Waals surface area (Å²) in [5, 5.41) is 3.23. The Hall–Kier alpha value is -0.0800. The van der Waals surface area contributed by atoms with Crippen molar-refractivity contribution >= 4 is 0 Å². The predicted molar refractivity (Wildman–Crippen MR) is 62.6 cm³/mol. The zero-order valence-corrected chi connectivity index (χ0v) is 9.89. The summed E-state index contributed by atoms with van der Waals surface area (Å²) in [6.07, 6.45) is 7.11. The van der Waals surface area contributed by atoms with Crippen LogP contribution < -0.4 is 5.32 Å². The third kappa shape index (κ3) is 4.43. The lowest BCUT2D eigenvalue weighted by molar-refractivity contribution is 0.281. The van der Waals surface area contributed by atoms with Crippen LogP contribution in [0.25, 0.3) is 0 Å². The largest absolute Gasteiger partial charge is 0.318 e. The van der Waals surface area contributed by atoms with Crippen LogP contribution in [0.1, 0.15) is 39.0 Å². The SMILES string of the molecule is CCCC1CCCN(CCNC)CC1. The van der Waals surface area contributed by atoms with E-state index in [9.17, 15) is 0 Å². The molecule has 1 fully saturated rings. The summed E-state index contributed by atoms with van der Waals surface area (Å²) in [4.78, 5) is 2.62. The minimum absolute atomic E-state index is 1.01. The van der Waals surface area contributed by atoms with E-state index in [4.69, 9.17) is 0 Å². The molecule has 1 heterocycles. The van der Waals surface area contributed by atoms with Crippen LogP contribution in [0.2, 0.25) is 0 Å². The molecule has 0 aliphatic carbocycles. The number of likely N-dealkylation sites (tertiary alicyclic amines) is 1. The zero-order valence-electron chi connectivity index (χ0n) is 9.89. The van der Waals surface area contributed by atoms with Gasteiger partial charge in [-0.25, -0.2) is 0 Å². The lowest BCUT2D eigenvalue weighted by Gasteiger charge is -2.19. The van der Waals surface area contributed by atoms with Crippen molar-refractivity contribution in [3.05, 3.63) is 0 Å². The van der Waals surface area contributed by atoms with E-state index in [1.54, 1.807) is 0 Å². The van der Waals surface area contributed by atoms with Crippen molar-refractivity contribution in [1.29, 1.82) is 0 Å². The van der Waals surface area contributed by atoms with Crippen LogP contribution in [0.15, 0.2) is 0 Å². The Bertz CT molecular complexity index is 136. The van der Waals surface area contributed by atoms with E-state index < -0.39 is 0 Å². The van der Waals surface area contributed by atoms with Gasteiger partial charge >= 0.3 is 0 Å². The van der Waals surface area contributed by atoms with E-state index in [-0.39, 0.29) is 0 Å². The van der Waals surface area contributed by atoms with Gasteiger partial charge in [-0.15, -0.1) is 0 Å². The second-order valence-electron chi connectivity index (χ2n) is 4.53. The Balaban J connectivity index is 2.19. The average Bonchev–Trinajstić information content (AvgIpc) is 2.41. The van der Waals surface area contributed by atoms with Crippen molar-refractivity contribution in [2.45, 2.75) is 39.0 Å². The average molecular weight is 198 g/mol. The standard InChI is InChI=1S/C12H26N2/c1-3-5-12-6-4-9-14(10-7-12)11-8-13-2/h12-13H,3-11H2,1-2H3. The minimum atomic E-state index is 1.01. The minimum Gasteiger partial charge on any atom is -0.318 e. The van der Waals surface area contributed by atoms with Crippen LogP contribution in [0, 0.1) is 5.92 Å². The molecular formula is C12H26N2. The van der Waals surface area contributed by atoms with Gasteiger partial charge < -0.3 is 10.2 Å². The second kappa shape index (κ2) is 7.24. The fourth-order valence-corrected chi connectivity index (χ4v) is 2.42. The Labute approximate surface area is 89.1 Å².